The van der Waals surface area contributed by atoms with Crippen molar-refractivity contribution in [3.05, 3.63) is 35.9 Å². The minimum atomic E-state index is -2.90. The number of nitrogens with one attached hydrogen (secondary N) is 3. The molecule has 0 aromatic carbocycles. The van der Waals surface area contributed by atoms with Crippen LogP contribution in [-0.2, 0) is 20.8 Å². The number of amides is 1. The van der Waals surface area contributed by atoms with Gasteiger partial charge in [0.2, 0.25) is 0 Å². The van der Waals surface area contributed by atoms with Crippen molar-refractivity contribution in [2.24, 2.45) is 0 Å². The molecule has 1 aliphatic carbocycles. The van der Waals surface area contributed by atoms with Gasteiger partial charge in [-0.05, 0) is 13.0 Å². The highest BCUT2D eigenvalue weighted by Gasteiger charge is 2.69. The highest BCUT2D eigenvalue weighted by atomic mass is 19.3. The Morgan fingerprint density at radius 3 is 3.00 bits per heavy atom. The van der Waals surface area contributed by atoms with E-state index in [0.29, 0.717) is 30.4 Å². The summed E-state index contributed by atoms with van der Waals surface area (Å²) in [6, 6.07) is 3.65. The highest BCUT2D eigenvalue weighted by molar-refractivity contribution is 5.72. The summed E-state index contributed by atoms with van der Waals surface area (Å²) in [6.45, 7) is 1.83. The number of alkyl carbamates (subject to hydrolysis) is 1. The molecule has 176 valence electrons. The first kappa shape index (κ1) is 21.5. The van der Waals surface area contributed by atoms with Crippen molar-refractivity contribution < 1.29 is 27.8 Å². The fourth-order valence-electron chi connectivity index (χ4n) is 3.81. The van der Waals surface area contributed by atoms with E-state index in [9.17, 15) is 13.6 Å². The second kappa shape index (κ2) is 7.92. The molecule has 0 bridgehead atoms. The number of fused-ring (bicyclic) bond motifs is 1. The average Bonchev–Trinajstić information content (AvgIpc) is 3.29. The third-order valence-corrected chi connectivity index (χ3v) is 5.79. The number of alkyl halides is 2. The predicted octanol–water partition coefficient (Wildman–Crippen LogP) is 2.70. The van der Waals surface area contributed by atoms with Crippen molar-refractivity contribution in [2.75, 3.05) is 19.0 Å². The number of ether oxygens (including phenoxy) is 3. The molecule has 3 aromatic heterocycles. The smallest absolute Gasteiger partial charge is 0.408 e. The van der Waals surface area contributed by atoms with Crippen molar-refractivity contribution in [1.82, 2.24) is 30.1 Å². The fourth-order valence-corrected chi connectivity index (χ4v) is 3.81. The summed E-state index contributed by atoms with van der Waals surface area (Å²) in [5.41, 5.74) is 0.680. The summed E-state index contributed by atoms with van der Waals surface area (Å²) in [6.07, 6.45) is 1.55. The molecule has 0 radical (unpaired) electrons. The molecular formula is C20H23F2N7O4. The largest absolute Gasteiger partial charge is 0.444 e. The molecule has 5 rings (SSSR count). The normalized spacial score (nSPS) is 25.8. The zero-order valence-electron chi connectivity index (χ0n) is 18.0. The van der Waals surface area contributed by atoms with Gasteiger partial charge in [0.1, 0.15) is 23.3 Å². The third-order valence-electron chi connectivity index (χ3n) is 5.79. The van der Waals surface area contributed by atoms with Gasteiger partial charge in [-0.1, -0.05) is 0 Å². The number of nitrogens with zero attached hydrogens (tertiary/aromatic N) is 4. The Kier molecular flexibility index (Phi) is 5.16. The van der Waals surface area contributed by atoms with Gasteiger partial charge in [-0.15, -0.1) is 0 Å². The second-order valence-electron chi connectivity index (χ2n) is 8.43. The lowest BCUT2D eigenvalue weighted by molar-refractivity contribution is 0.0554. The molecule has 33 heavy (non-hydrogen) atoms. The number of hydrogen-bond acceptors (Lipinski definition) is 8. The van der Waals surface area contributed by atoms with Gasteiger partial charge in [0, 0.05) is 38.4 Å². The summed E-state index contributed by atoms with van der Waals surface area (Å²) >= 11 is 0. The third kappa shape index (κ3) is 4.20. The number of halogens is 2. The maximum Gasteiger partial charge on any atom is 0.408 e. The van der Waals surface area contributed by atoms with Gasteiger partial charge >= 0.3 is 6.09 Å². The number of methoxy groups -OCH3 is 1. The summed E-state index contributed by atoms with van der Waals surface area (Å²) in [5.74, 6) is -1.81. The Morgan fingerprint density at radius 2 is 2.24 bits per heavy atom. The van der Waals surface area contributed by atoms with E-state index in [-0.39, 0.29) is 12.7 Å². The number of carbonyl (C=O) groups is 1. The van der Waals surface area contributed by atoms with Crippen molar-refractivity contribution >= 4 is 23.2 Å². The van der Waals surface area contributed by atoms with Crippen molar-refractivity contribution in [1.29, 1.82) is 0 Å². The first-order chi connectivity index (χ1) is 15.8. The minimum Gasteiger partial charge on any atom is -0.444 e. The molecule has 0 unspecified atom stereocenters. The van der Waals surface area contributed by atoms with Crippen molar-refractivity contribution in [2.45, 2.75) is 50.0 Å². The predicted molar refractivity (Wildman–Crippen MR) is 110 cm³/mol. The fraction of sp³-hybridized carbons (Fsp3) is 0.500. The Bertz CT molecular complexity index is 1180. The van der Waals surface area contributed by atoms with Gasteiger partial charge in [-0.3, -0.25) is 5.10 Å². The Hall–Kier alpha value is -3.32. The van der Waals surface area contributed by atoms with Crippen molar-refractivity contribution in [3.8, 4) is 0 Å². The molecule has 2 fully saturated rings. The Balaban J connectivity index is 1.19. The summed E-state index contributed by atoms with van der Waals surface area (Å²) in [4.78, 5) is 16.3. The van der Waals surface area contributed by atoms with Crippen LogP contribution in [-0.4, -0.2) is 62.2 Å². The van der Waals surface area contributed by atoms with E-state index in [1.165, 1.54) is 6.92 Å². The second-order valence-corrected chi connectivity index (χ2v) is 8.43. The molecule has 2 aliphatic rings. The van der Waals surface area contributed by atoms with Crippen LogP contribution in [0.4, 0.5) is 25.2 Å². The van der Waals surface area contributed by atoms with Crippen LogP contribution in [0.3, 0.4) is 0 Å². The molecule has 3 aromatic rings. The van der Waals surface area contributed by atoms with Crippen LogP contribution in [0.1, 0.15) is 37.3 Å². The average molecular weight is 463 g/mol. The number of H-pyrrole nitrogens is 1. The monoisotopic (exact) mass is 463 g/mol. The maximum absolute atomic E-state index is 13.3. The lowest BCUT2D eigenvalue weighted by atomic mass is 10.1. The zero-order chi connectivity index (χ0) is 23.2. The summed E-state index contributed by atoms with van der Waals surface area (Å²) in [5, 5.41) is 17.0. The standard InChI is InChI=1S/C20H23F2N7O4/c1-19(10-20(19,21)22)25-18(30)33-12-6-15(32-9-12)13-7-16(27-26-13)24-17-14-5-11(8-31-2)28-29(14)4-3-23-17/h3-5,7,12,15H,6,8-10H2,1-2H3,(H,25,30)(H2,23,24,26,27)/t12-,15-,19-/m1/s1. The molecule has 3 atom stereocenters. The Morgan fingerprint density at radius 1 is 1.42 bits per heavy atom. The van der Waals surface area contributed by atoms with Crippen LogP contribution < -0.4 is 10.6 Å². The topological polar surface area (TPSA) is 128 Å². The van der Waals surface area contributed by atoms with Gasteiger partial charge in [0.25, 0.3) is 5.92 Å². The summed E-state index contributed by atoms with van der Waals surface area (Å²) < 4.78 is 44.4. The van der Waals surface area contributed by atoms with Crippen LogP contribution in [0, 0.1) is 0 Å². The SMILES string of the molecule is COCc1cc2c(Nc3cc([C@H]4C[C@@H](OC(=O)N[C@]5(C)CC5(F)F)CO4)[nH]n3)nccn2n1. The van der Waals surface area contributed by atoms with Crippen LogP contribution in [0.2, 0.25) is 0 Å². The van der Waals surface area contributed by atoms with Gasteiger partial charge in [-0.25, -0.2) is 23.1 Å². The van der Waals surface area contributed by atoms with E-state index in [4.69, 9.17) is 14.2 Å². The minimum absolute atomic E-state index is 0.159. The molecule has 1 saturated heterocycles. The highest BCUT2D eigenvalue weighted by Crippen LogP contribution is 2.52. The molecule has 13 heteroatoms. The molecule has 1 aliphatic heterocycles. The number of aromatic nitrogens is 5. The number of anilines is 2. The first-order valence-corrected chi connectivity index (χ1v) is 10.4. The van der Waals surface area contributed by atoms with Gasteiger partial charge in [-0.2, -0.15) is 10.2 Å². The van der Waals surface area contributed by atoms with Crippen LogP contribution >= 0.6 is 0 Å². The summed E-state index contributed by atoms with van der Waals surface area (Å²) in [7, 11) is 1.60. The number of hydrogen-bond donors (Lipinski definition) is 3. The van der Waals surface area contributed by atoms with Gasteiger partial charge in [0.05, 0.1) is 24.6 Å². The molecule has 3 N–H and O–H groups in total. The maximum atomic E-state index is 13.3. The van der Waals surface area contributed by atoms with Crippen LogP contribution in [0.5, 0.6) is 0 Å². The molecular weight excluding hydrogens is 440 g/mol. The van der Waals surface area contributed by atoms with E-state index in [1.807, 2.05) is 6.07 Å². The van der Waals surface area contributed by atoms with Crippen LogP contribution in [0.25, 0.3) is 5.52 Å². The molecule has 11 nitrogen and oxygen atoms in total. The quantitative estimate of drug-likeness (QED) is 0.488. The zero-order valence-corrected chi connectivity index (χ0v) is 18.0. The number of rotatable bonds is 7. The number of carbonyl (C=O) groups excluding carboxylic acids is 1. The molecule has 4 heterocycles. The van der Waals surface area contributed by atoms with Gasteiger partial charge < -0.3 is 24.8 Å². The van der Waals surface area contributed by atoms with Crippen LogP contribution in [0.15, 0.2) is 24.5 Å². The molecule has 1 saturated carbocycles. The first-order valence-electron chi connectivity index (χ1n) is 10.4. The van der Waals surface area contributed by atoms with E-state index < -0.39 is 30.1 Å². The van der Waals surface area contributed by atoms with Crippen molar-refractivity contribution in [3.63, 3.8) is 0 Å². The van der Waals surface area contributed by atoms with E-state index >= 15 is 0 Å². The lowest BCUT2D eigenvalue weighted by Crippen LogP contribution is -2.40. The van der Waals surface area contributed by atoms with E-state index in [2.05, 4.69) is 30.9 Å². The van der Waals surface area contributed by atoms with E-state index in [1.54, 1.807) is 30.1 Å². The molecule has 1 amide bonds. The number of aromatic amines is 1. The Labute approximate surface area is 186 Å². The lowest BCUT2D eigenvalue weighted by Gasteiger charge is -2.15. The molecule has 0 spiro atoms. The van der Waals surface area contributed by atoms with E-state index in [0.717, 1.165) is 11.2 Å². The van der Waals surface area contributed by atoms with Gasteiger partial charge in [0.15, 0.2) is 11.6 Å².